The van der Waals surface area contributed by atoms with Gasteiger partial charge in [-0.3, -0.25) is 0 Å². The lowest BCUT2D eigenvalue weighted by molar-refractivity contribution is 0.290. The van der Waals surface area contributed by atoms with Gasteiger partial charge in [0.25, 0.3) is 0 Å². The van der Waals surface area contributed by atoms with Crippen LogP contribution in [0.5, 0.6) is 0 Å². The van der Waals surface area contributed by atoms with Gasteiger partial charge in [-0.05, 0) is 31.8 Å². The van der Waals surface area contributed by atoms with E-state index in [0.717, 1.165) is 31.5 Å². The summed E-state index contributed by atoms with van der Waals surface area (Å²) in [4.78, 5) is 2.40. The Morgan fingerprint density at radius 3 is 2.71 bits per heavy atom. The Labute approximate surface area is 87.1 Å². The van der Waals surface area contributed by atoms with Crippen molar-refractivity contribution < 1.29 is 0 Å². The van der Waals surface area contributed by atoms with Crippen LogP contribution >= 0.6 is 0 Å². The Hall–Kier alpha value is -0.590. The fraction of sp³-hybridized carbons (Fsp3) is 0.909. The summed E-state index contributed by atoms with van der Waals surface area (Å²) in [5.41, 5.74) is 0. The maximum absolute atomic E-state index is 8.82. The third-order valence-electron chi connectivity index (χ3n) is 3.20. The van der Waals surface area contributed by atoms with Crippen molar-refractivity contribution in [1.29, 1.82) is 5.26 Å². The Kier molecular flexibility index (Phi) is 4.37. The SMILES string of the molecule is CNC(C#N)CN1CCC(C(C)C)C1. The molecule has 0 amide bonds. The van der Waals surface area contributed by atoms with E-state index < -0.39 is 0 Å². The molecule has 0 aromatic heterocycles. The van der Waals surface area contributed by atoms with Crippen LogP contribution in [0.3, 0.4) is 0 Å². The molecule has 0 aromatic carbocycles. The number of hydrogen-bond donors (Lipinski definition) is 1. The highest BCUT2D eigenvalue weighted by Gasteiger charge is 2.25. The Morgan fingerprint density at radius 2 is 2.29 bits per heavy atom. The van der Waals surface area contributed by atoms with Gasteiger partial charge in [0.2, 0.25) is 0 Å². The van der Waals surface area contributed by atoms with Crippen molar-refractivity contribution in [2.75, 3.05) is 26.7 Å². The number of rotatable bonds is 4. The molecule has 2 unspecified atom stereocenters. The number of nitrogens with zero attached hydrogens (tertiary/aromatic N) is 2. The van der Waals surface area contributed by atoms with Crippen LogP contribution in [-0.2, 0) is 0 Å². The van der Waals surface area contributed by atoms with E-state index in [-0.39, 0.29) is 6.04 Å². The molecule has 0 spiro atoms. The molecule has 0 radical (unpaired) electrons. The van der Waals surface area contributed by atoms with Crippen LogP contribution in [0.2, 0.25) is 0 Å². The summed E-state index contributed by atoms with van der Waals surface area (Å²) in [6, 6.07) is 2.26. The van der Waals surface area contributed by atoms with Crippen LogP contribution in [0.1, 0.15) is 20.3 Å². The zero-order chi connectivity index (χ0) is 10.6. The fourth-order valence-electron chi connectivity index (χ4n) is 2.03. The molecule has 1 fully saturated rings. The minimum Gasteiger partial charge on any atom is -0.304 e. The first-order chi connectivity index (χ1) is 6.67. The molecule has 80 valence electrons. The number of nitriles is 1. The van der Waals surface area contributed by atoms with E-state index in [1.54, 1.807) is 0 Å². The molecule has 3 nitrogen and oxygen atoms in total. The summed E-state index contributed by atoms with van der Waals surface area (Å²) >= 11 is 0. The molecule has 0 aliphatic carbocycles. The maximum atomic E-state index is 8.82. The fourth-order valence-corrected chi connectivity index (χ4v) is 2.03. The van der Waals surface area contributed by atoms with Gasteiger partial charge in [0.15, 0.2) is 0 Å². The van der Waals surface area contributed by atoms with Crippen molar-refractivity contribution in [3.8, 4) is 6.07 Å². The molecule has 1 aliphatic heterocycles. The Morgan fingerprint density at radius 1 is 1.57 bits per heavy atom. The van der Waals surface area contributed by atoms with Gasteiger partial charge in [-0.2, -0.15) is 5.26 Å². The number of hydrogen-bond acceptors (Lipinski definition) is 3. The monoisotopic (exact) mass is 195 g/mol. The minimum atomic E-state index is -0.0130. The van der Waals surface area contributed by atoms with Crippen LogP contribution in [0, 0.1) is 23.2 Å². The molecule has 3 heteroatoms. The van der Waals surface area contributed by atoms with Gasteiger partial charge < -0.3 is 10.2 Å². The molecule has 1 saturated heterocycles. The lowest BCUT2D eigenvalue weighted by atomic mass is 9.95. The molecule has 0 aromatic rings. The molecule has 14 heavy (non-hydrogen) atoms. The highest BCUT2D eigenvalue weighted by molar-refractivity contribution is 4.92. The normalized spacial score (nSPS) is 25.2. The van der Waals surface area contributed by atoms with E-state index in [4.69, 9.17) is 5.26 Å². The summed E-state index contributed by atoms with van der Waals surface area (Å²) < 4.78 is 0. The van der Waals surface area contributed by atoms with Gasteiger partial charge in [0.1, 0.15) is 6.04 Å². The van der Waals surface area contributed by atoms with Gasteiger partial charge in [-0.15, -0.1) is 0 Å². The molecule has 1 rings (SSSR count). The van der Waals surface area contributed by atoms with Gasteiger partial charge in [-0.1, -0.05) is 13.8 Å². The first-order valence-corrected chi connectivity index (χ1v) is 5.46. The first-order valence-electron chi connectivity index (χ1n) is 5.46. The highest BCUT2D eigenvalue weighted by Crippen LogP contribution is 2.23. The lowest BCUT2D eigenvalue weighted by Gasteiger charge is -2.19. The third kappa shape index (κ3) is 2.97. The van der Waals surface area contributed by atoms with Crippen LogP contribution in [0.4, 0.5) is 0 Å². The lowest BCUT2D eigenvalue weighted by Crippen LogP contribution is -2.37. The van der Waals surface area contributed by atoms with Crippen molar-refractivity contribution >= 4 is 0 Å². The molecule has 1 N–H and O–H groups in total. The van der Waals surface area contributed by atoms with Crippen molar-refractivity contribution in [3.05, 3.63) is 0 Å². The van der Waals surface area contributed by atoms with Crippen LogP contribution < -0.4 is 5.32 Å². The summed E-state index contributed by atoms with van der Waals surface area (Å²) in [5.74, 6) is 1.60. The van der Waals surface area contributed by atoms with E-state index in [0.29, 0.717) is 0 Å². The Bertz CT molecular complexity index is 207. The van der Waals surface area contributed by atoms with E-state index in [2.05, 4.69) is 30.1 Å². The summed E-state index contributed by atoms with van der Waals surface area (Å²) in [7, 11) is 1.85. The second-order valence-corrected chi connectivity index (χ2v) is 4.52. The Balaban J connectivity index is 2.32. The van der Waals surface area contributed by atoms with Gasteiger partial charge in [0.05, 0.1) is 6.07 Å². The summed E-state index contributed by atoms with van der Waals surface area (Å²) in [6.45, 7) is 7.76. The molecule has 1 aliphatic rings. The predicted octanol–water partition coefficient (Wildman–Crippen LogP) is 1.08. The topological polar surface area (TPSA) is 39.1 Å². The second kappa shape index (κ2) is 5.33. The van der Waals surface area contributed by atoms with E-state index >= 15 is 0 Å². The van der Waals surface area contributed by atoms with Crippen molar-refractivity contribution in [2.24, 2.45) is 11.8 Å². The maximum Gasteiger partial charge on any atom is 0.108 e. The predicted molar refractivity (Wildman–Crippen MR) is 57.8 cm³/mol. The quantitative estimate of drug-likeness (QED) is 0.729. The zero-order valence-electron chi connectivity index (χ0n) is 9.45. The van der Waals surface area contributed by atoms with E-state index in [1.165, 1.54) is 6.42 Å². The second-order valence-electron chi connectivity index (χ2n) is 4.52. The number of likely N-dealkylation sites (N-methyl/N-ethyl adjacent to an activating group) is 1. The molecular formula is C11H21N3. The largest absolute Gasteiger partial charge is 0.304 e. The number of nitrogens with one attached hydrogen (secondary N) is 1. The number of likely N-dealkylation sites (tertiary alicyclic amines) is 1. The van der Waals surface area contributed by atoms with Crippen LogP contribution in [-0.4, -0.2) is 37.6 Å². The molecular weight excluding hydrogens is 174 g/mol. The molecule has 0 saturated carbocycles. The van der Waals surface area contributed by atoms with Crippen molar-refractivity contribution in [1.82, 2.24) is 10.2 Å². The van der Waals surface area contributed by atoms with Crippen LogP contribution in [0.25, 0.3) is 0 Å². The van der Waals surface area contributed by atoms with Gasteiger partial charge >= 0.3 is 0 Å². The summed E-state index contributed by atoms with van der Waals surface area (Å²) in [5, 5.41) is 11.8. The van der Waals surface area contributed by atoms with Crippen LogP contribution in [0.15, 0.2) is 0 Å². The highest BCUT2D eigenvalue weighted by atomic mass is 15.2. The molecule has 2 atom stereocenters. The van der Waals surface area contributed by atoms with Gasteiger partial charge in [-0.25, -0.2) is 0 Å². The van der Waals surface area contributed by atoms with E-state index in [9.17, 15) is 0 Å². The first kappa shape index (κ1) is 11.5. The molecule has 0 bridgehead atoms. The smallest absolute Gasteiger partial charge is 0.108 e. The van der Waals surface area contributed by atoms with Crippen molar-refractivity contribution in [3.63, 3.8) is 0 Å². The van der Waals surface area contributed by atoms with Crippen molar-refractivity contribution in [2.45, 2.75) is 26.3 Å². The third-order valence-corrected chi connectivity index (χ3v) is 3.20. The zero-order valence-corrected chi connectivity index (χ0v) is 9.45. The molecule has 1 heterocycles. The minimum absolute atomic E-state index is 0.0130. The standard InChI is InChI=1S/C11H21N3/c1-9(2)10-4-5-14(7-10)8-11(6-12)13-3/h9-11,13H,4-5,7-8H2,1-3H3. The average Bonchev–Trinajstić information content (AvgIpc) is 2.62. The van der Waals surface area contributed by atoms with E-state index in [1.807, 2.05) is 7.05 Å². The van der Waals surface area contributed by atoms with Gasteiger partial charge in [0, 0.05) is 13.1 Å². The summed E-state index contributed by atoms with van der Waals surface area (Å²) in [6.07, 6.45) is 1.29. The average molecular weight is 195 g/mol.